The van der Waals surface area contributed by atoms with Gasteiger partial charge in [0.1, 0.15) is 5.82 Å². The molecule has 2 atom stereocenters. The molecule has 0 radical (unpaired) electrons. The van der Waals surface area contributed by atoms with Crippen LogP contribution < -0.4 is 0 Å². The van der Waals surface area contributed by atoms with E-state index in [1.807, 2.05) is 55.6 Å². The molecule has 2 aromatic carbocycles. The number of hydrogen-bond acceptors (Lipinski definition) is 6. The average molecular weight is 375 g/mol. The average Bonchev–Trinajstić information content (AvgIpc) is 3.41. The molecule has 7 heteroatoms. The van der Waals surface area contributed by atoms with Crippen molar-refractivity contribution in [2.75, 3.05) is 6.54 Å². The molecule has 142 valence electrons. The number of imidazole rings is 1. The molecule has 0 aliphatic carbocycles. The van der Waals surface area contributed by atoms with E-state index in [0.717, 1.165) is 22.4 Å². The van der Waals surface area contributed by atoms with E-state index in [-0.39, 0.29) is 6.04 Å². The minimum atomic E-state index is -0.424. The topological polar surface area (TPSA) is 80.2 Å². The summed E-state index contributed by atoms with van der Waals surface area (Å²) >= 11 is 0. The maximum Gasteiger partial charge on any atom is 0.244 e. The predicted octanol–water partition coefficient (Wildman–Crippen LogP) is 2.93. The molecule has 0 bridgehead atoms. The summed E-state index contributed by atoms with van der Waals surface area (Å²) in [4.78, 5) is 11.5. The smallest absolute Gasteiger partial charge is 0.244 e. The van der Waals surface area contributed by atoms with Gasteiger partial charge in [-0.1, -0.05) is 47.6 Å². The molecule has 0 amide bonds. The van der Waals surface area contributed by atoms with Crippen molar-refractivity contribution in [1.82, 2.24) is 24.6 Å². The molecular formula is C21H21N5O2. The molecule has 7 nitrogen and oxygen atoms in total. The van der Waals surface area contributed by atoms with Crippen LogP contribution in [0, 0.1) is 0 Å². The zero-order chi connectivity index (χ0) is 19.1. The molecule has 2 aromatic heterocycles. The van der Waals surface area contributed by atoms with Crippen molar-refractivity contribution in [3.63, 3.8) is 0 Å². The number of hydrogen-bond donors (Lipinski definition) is 1. The Morgan fingerprint density at radius 1 is 1.07 bits per heavy atom. The summed E-state index contributed by atoms with van der Waals surface area (Å²) in [6.07, 6.45) is 0.146. The van der Waals surface area contributed by atoms with E-state index >= 15 is 0 Å². The van der Waals surface area contributed by atoms with Gasteiger partial charge in [-0.3, -0.25) is 4.90 Å². The van der Waals surface area contributed by atoms with E-state index in [1.54, 1.807) is 0 Å². The quantitative estimate of drug-likeness (QED) is 0.591. The van der Waals surface area contributed by atoms with E-state index in [1.165, 1.54) is 0 Å². The highest BCUT2D eigenvalue weighted by molar-refractivity contribution is 5.75. The Kier molecular flexibility index (Phi) is 4.18. The maximum absolute atomic E-state index is 10.3. The van der Waals surface area contributed by atoms with Crippen molar-refractivity contribution in [3.05, 3.63) is 66.3 Å². The summed E-state index contributed by atoms with van der Waals surface area (Å²) in [5.74, 6) is 2.05. The highest BCUT2D eigenvalue weighted by Gasteiger charge is 2.36. The van der Waals surface area contributed by atoms with Crippen LogP contribution in [0.15, 0.2) is 59.1 Å². The lowest BCUT2D eigenvalue weighted by Gasteiger charge is -2.20. The standard InChI is InChI=1S/C21H21N5O2/c1-25-17-10-6-5-9-16(17)22-19(25)13-26-12-15(27)11-18(26)21-23-20(24-28-21)14-7-3-2-4-8-14/h2-10,15,18,27H,11-13H2,1H3. The second-order valence-electron chi connectivity index (χ2n) is 7.23. The molecule has 1 N–H and O–H groups in total. The third kappa shape index (κ3) is 2.98. The largest absolute Gasteiger partial charge is 0.392 e. The number of fused-ring (bicyclic) bond motifs is 1. The molecular weight excluding hydrogens is 354 g/mol. The minimum absolute atomic E-state index is 0.125. The van der Waals surface area contributed by atoms with Crippen molar-refractivity contribution < 1.29 is 9.63 Å². The second-order valence-corrected chi connectivity index (χ2v) is 7.23. The molecule has 4 aromatic rings. The van der Waals surface area contributed by atoms with Gasteiger partial charge in [-0.15, -0.1) is 0 Å². The van der Waals surface area contributed by atoms with E-state index < -0.39 is 6.10 Å². The van der Waals surface area contributed by atoms with Crippen LogP contribution in [0.25, 0.3) is 22.4 Å². The summed E-state index contributed by atoms with van der Waals surface area (Å²) in [7, 11) is 2.02. The van der Waals surface area contributed by atoms with Crippen LogP contribution in [0.3, 0.4) is 0 Å². The van der Waals surface area contributed by atoms with Gasteiger partial charge in [0.15, 0.2) is 0 Å². The molecule has 0 saturated carbocycles. The lowest BCUT2D eigenvalue weighted by molar-refractivity contribution is 0.167. The number of benzene rings is 2. The van der Waals surface area contributed by atoms with Gasteiger partial charge in [0.2, 0.25) is 11.7 Å². The summed E-state index contributed by atoms with van der Waals surface area (Å²) in [5, 5.41) is 14.4. The van der Waals surface area contributed by atoms with E-state index in [9.17, 15) is 5.11 Å². The SMILES string of the molecule is Cn1c(CN2CC(O)CC2c2nc(-c3ccccc3)no2)nc2ccccc21. The van der Waals surface area contributed by atoms with Gasteiger partial charge in [-0.05, 0) is 18.6 Å². The summed E-state index contributed by atoms with van der Waals surface area (Å²) in [6.45, 7) is 1.16. The number of rotatable bonds is 4. The maximum atomic E-state index is 10.3. The van der Waals surface area contributed by atoms with E-state index in [0.29, 0.717) is 31.2 Å². The second kappa shape index (κ2) is 6.85. The Labute approximate surface area is 162 Å². The van der Waals surface area contributed by atoms with Crippen LogP contribution in [-0.4, -0.2) is 42.3 Å². The first-order valence-corrected chi connectivity index (χ1v) is 9.40. The molecule has 1 aliphatic rings. The fourth-order valence-corrected chi connectivity index (χ4v) is 3.90. The number of aliphatic hydroxyl groups is 1. The Bertz CT molecular complexity index is 1100. The van der Waals surface area contributed by atoms with Crippen LogP contribution in [0.5, 0.6) is 0 Å². The van der Waals surface area contributed by atoms with Crippen LogP contribution in [0.2, 0.25) is 0 Å². The van der Waals surface area contributed by atoms with Gasteiger partial charge in [-0.2, -0.15) is 4.98 Å². The van der Waals surface area contributed by atoms with Crippen molar-refractivity contribution >= 4 is 11.0 Å². The zero-order valence-corrected chi connectivity index (χ0v) is 15.6. The third-order valence-electron chi connectivity index (χ3n) is 5.36. The van der Waals surface area contributed by atoms with Gasteiger partial charge >= 0.3 is 0 Å². The summed E-state index contributed by atoms with van der Waals surface area (Å²) < 4.78 is 7.66. The number of likely N-dealkylation sites (tertiary alicyclic amines) is 1. The predicted molar refractivity (Wildman–Crippen MR) is 104 cm³/mol. The molecule has 28 heavy (non-hydrogen) atoms. The van der Waals surface area contributed by atoms with Crippen molar-refractivity contribution in [2.45, 2.75) is 25.1 Å². The van der Waals surface area contributed by atoms with Crippen molar-refractivity contribution in [2.24, 2.45) is 7.05 Å². The Morgan fingerprint density at radius 3 is 2.68 bits per heavy atom. The zero-order valence-electron chi connectivity index (χ0n) is 15.6. The van der Waals surface area contributed by atoms with Crippen molar-refractivity contribution in [1.29, 1.82) is 0 Å². The van der Waals surface area contributed by atoms with Crippen LogP contribution in [0.4, 0.5) is 0 Å². The number of aryl methyl sites for hydroxylation is 1. The summed E-state index contributed by atoms with van der Waals surface area (Å²) in [5.41, 5.74) is 2.98. The molecule has 3 heterocycles. The Morgan fingerprint density at radius 2 is 1.86 bits per heavy atom. The number of aromatic nitrogens is 4. The highest BCUT2D eigenvalue weighted by atomic mass is 16.5. The van der Waals surface area contributed by atoms with Gasteiger partial charge in [0, 0.05) is 19.2 Å². The third-order valence-corrected chi connectivity index (χ3v) is 5.36. The van der Waals surface area contributed by atoms with Crippen LogP contribution in [0.1, 0.15) is 24.2 Å². The van der Waals surface area contributed by atoms with Crippen LogP contribution in [-0.2, 0) is 13.6 Å². The van der Waals surface area contributed by atoms with Crippen LogP contribution >= 0.6 is 0 Å². The number of β-amino-alcohol motifs (C(OH)–C–C–N with tert-alkyl or cyclic N) is 1. The molecule has 1 fully saturated rings. The van der Waals surface area contributed by atoms with Gasteiger partial charge < -0.3 is 14.2 Å². The molecule has 1 aliphatic heterocycles. The minimum Gasteiger partial charge on any atom is -0.392 e. The molecule has 0 spiro atoms. The Balaban J connectivity index is 1.43. The fourth-order valence-electron chi connectivity index (χ4n) is 3.90. The monoisotopic (exact) mass is 375 g/mol. The molecule has 2 unspecified atom stereocenters. The lowest BCUT2D eigenvalue weighted by Crippen LogP contribution is -2.26. The molecule has 1 saturated heterocycles. The number of para-hydroxylation sites is 2. The first-order chi connectivity index (χ1) is 13.7. The fraction of sp³-hybridized carbons (Fsp3) is 0.286. The van der Waals surface area contributed by atoms with Gasteiger partial charge in [-0.25, -0.2) is 4.98 Å². The van der Waals surface area contributed by atoms with Gasteiger partial charge in [0.05, 0.1) is 29.7 Å². The highest BCUT2D eigenvalue weighted by Crippen LogP contribution is 2.33. The number of nitrogens with zero attached hydrogens (tertiary/aromatic N) is 5. The number of aliphatic hydroxyl groups excluding tert-OH is 1. The first-order valence-electron chi connectivity index (χ1n) is 9.40. The molecule has 5 rings (SSSR count). The van der Waals surface area contributed by atoms with E-state index in [4.69, 9.17) is 9.51 Å². The van der Waals surface area contributed by atoms with Gasteiger partial charge in [0.25, 0.3) is 0 Å². The lowest BCUT2D eigenvalue weighted by atomic mass is 10.2. The normalized spacial score (nSPS) is 20.2. The summed E-state index contributed by atoms with van der Waals surface area (Å²) in [6, 6.07) is 17.7. The first kappa shape index (κ1) is 17.1. The van der Waals surface area contributed by atoms with E-state index in [2.05, 4.69) is 25.7 Å². The van der Waals surface area contributed by atoms with Crippen molar-refractivity contribution in [3.8, 4) is 11.4 Å². The Hall–Kier alpha value is -3.03.